The second-order valence-electron chi connectivity index (χ2n) is 7.12. The van der Waals surface area contributed by atoms with Gasteiger partial charge >= 0.3 is 0 Å². The van der Waals surface area contributed by atoms with E-state index in [-0.39, 0.29) is 0 Å². The van der Waals surface area contributed by atoms with Crippen LogP contribution in [0.4, 0.5) is 5.82 Å². The van der Waals surface area contributed by atoms with Gasteiger partial charge in [0.2, 0.25) is 0 Å². The quantitative estimate of drug-likeness (QED) is 0.428. The van der Waals surface area contributed by atoms with Crippen molar-refractivity contribution in [3.8, 4) is 16.9 Å². The summed E-state index contributed by atoms with van der Waals surface area (Å²) in [7, 11) is 0. The van der Waals surface area contributed by atoms with Gasteiger partial charge in [-0.1, -0.05) is 30.3 Å². The lowest BCUT2D eigenvalue weighted by molar-refractivity contribution is 0.358. The summed E-state index contributed by atoms with van der Waals surface area (Å²) in [4.78, 5) is 10.7. The Hall–Kier alpha value is -3.53. The summed E-state index contributed by atoms with van der Waals surface area (Å²) < 4.78 is 5.93. The molecule has 28 heavy (non-hydrogen) atoms. The SMILES string of the molecule is C=Nc1[nH]cc(-c2cccc3c2OCC3)c1/C=C(\C)c1ccc2cc[nH]c2c1. The standard InChI is InChI=1S/C24H21N3O/c1-15(18-7-6-16-8-10-26-22(16)13-18)12-20-21(14-27-24(20)25-2)19-5-3-4-17-9-11-28-23(17)19/h3-8,10,12-14,26-27H,2,9,11H2,1H3/b15-12+. The van der Waals surface area contributed by atoms with Crippen LogP contribution in [0.15, 0.2) is 59.9 Å². The summed E-state index contributed by atoms with van der Waals surface area (Å²) in [5.74, 6) is 1.75. The number of H-pyrrole nitrogens is 2. The normalized spacial score (nSPS) is 13.5. The summed E-state index contributed by atoms with van der Waals surface area (Å²) in [6, 6.07) is 14.9. The van der Waals surface area contributed by atoms with Crippen LogP contribution >= 0.6 is 0 Å². The predicted molar refractivity (Wildman–Crippen MR) is 116 cm³/mol. The molecule has 0 aliphatic carbocycles. The summed E-state index contributed by atoms with van der Waals surface area (Å²) in [5, 5.41) is 1.21. The van der Waals surface area contributed by atoms with Crippen molar-refractivity contribution in [1.29, 1.82) is 0 Å². The molecule has 0 radical (unpaired) electrons. The Labute approximate surface area is 163 Å². The van der Waals surface area contributed by atoms with Crippen molar-refractivity contribution in [2.75, 3.05) is 6.61 Å². The molecule has 1 aliphatic rings. The van der Waals surface area contributed by atoms with Crippen molar-refractivity contribution in [3.63, 3.8) is 0 Å². The van der Waals surface area contributed by atoms with Gasteiger partial charge in [0.25, 0.3) is 0 Å². The van der Waals surface area contributed by atoms with Crippen molar-refractivity contribution in [1.82, 2.24) is 9.97 Å². The van der Waals surface area contributed by atoms with Crippen LogP contribution in [-0.4, -0.2) is 23.3 Å². The number of ether oxygens (including phenoxy) is 1. The van der Waals surface area contributed by atoms with Crippen LogP contribution in [0.3, 0.4) is 0 Å². The monoisotopic (exact) mass is 367 g/mol. The van der Waals surface area contributed by atoms with Crippen LogP contribution in [0.5, 0.6) is 5.75 Å². The van der Waals surface area contributed by atoms with E-state index in [4.69, 9.17) is 4.74 Å². The molecular formula is C24H21N3O. The van der Waals surface area contributed by atoms with Crippen LogP contribution in [0.1, 0.15) is 23.6 Å². The van der Waals surface area contributed by atoms with Gasteiger partial charge in [0.05, 0.1) is 6.61 Å². The zero-order valence-electron chi connectivity index (χ0n) is 15.8. The summed E-state index contributed by atoms with van der Waals surface area (Å²) in [6.45, 7) is 6.60. The van der Waals surface area contributed by atoms with E-state index in [2.05, 4.69) is 77.1 Å². The highest BCUT2D eigenvalue weighted by Gasteiger charge is 2.20. The minimum absolute atomic E-state index is 0.740. The molecule has 2 N–H and O–H groups in total. The molecule has 4 nitrogen and oxygen atoms in total. The first-order valence-electron chi connectivity index (χ1n) is 9.43. The average Bonchev–Trinajstić information content (AvgIpc) is 3.45. The first-order valence-corrected chi connectivity index (χ1v) is 9.43. The maximum absolute atomic E-state index is 5.93. The van der Waals surface area contributed by atoms with Crippen molar-refractivity contribution in [2.45, 2.75) is 13.3 Å². The van der Waals surface area contributed by atoms with E-state index in [0.717, 1.165) is 52.4 Å². The number of hydrogen-bond donors (Lipinski definition) is 2. The molecule has 2 aromatic heterocycles. The average molecular weight is 367 g/mol. The molecule has 0 saturated heterocycles. The number of rotatable bonds is 4. The van der Waals surface area contributed by atoms with Gasteiger partial charge in [0, 0.05) is 41.0 Å². The third-order valence-electron chi connectivity index (χ3n) is 5.43. The minimum Gasteiger partial charge on any atom is -0.492 e. The molecule has 0 fully saturated rings. The van der Waals surface area contributed by atoms with E-state index in [9.17, 15) is 0 Å². The van der Waals surface area contributed by atoms with Crippen LogP contribution in [0, 0.1) is 0 Å². The number of aromatic amines is 2. The van der Waals surface area contributed by atoms with E-state index in [1.54, 1.807) is 0 Å². The van der Waals surface area contributed by atoms with Crippen molar-refractivity contribution in [2.24, 2.45) is 4.99 Å². The van der Waals surface area contributed by atoms with Crippen LogP contribution in [0.25, 0.3) is 33.7 Å². The highest BCUT2D eigenvalue weighted by atomic mass is 16.5. The smallest absolute Gasteiger partial charge is 0.137 e. The fourth-order valence-corrected chi connectivity index (χ4v) is 3.94. The summed E-state index contributed by atoms with van der Waals surface area (Å²) in [6.07, 6.45) is 7.09. The molecule has 1 aliphatic heterocycles. The van der Waals surface area contributed by atoms with E-state index < -0.39 is 0 Å². The van der Waals surface area contributed by atoms with Gasteiger partial charge in [-0.2, -0.15) is 0 Å². The number of aliphatic imine (C=N–C) groups is 1. The molecule has 4 heteroatoms. The number of aromatic nitrogens is 2. The van der Waals surface area contributed by atoms with Crippen LogP contribution in [-0.2, 0) is 6.42 Å². The molecule has 0 atom stereocenters. The Kier molecular flexibility index (Phi) is 3.90. The maximum atomic E-state index is 5.93. The molecule has 0 bridgehead atoms. The Balaban J connectivity index is 1.64. The Morgan fingerprint density at radius 1 is 1.14 bits per heavy atom. The lowest BCUT2D eigenvalue weighted by Crippen LogP contribution is -1.89. The maximum Gasteiger partial charge on any atom is 0.137 e. The fourth-order valence-electron chi connectivity index (χ4n) is 3.94. The Bertz CT molecular complexity index is 1230. The van der Waals surface area contributed by atoms with Gasteiger partial charge < -0.3 is 14.7 Å². The second-order valence-corrected chi connectivity index (χ2v) is 7.12. The summed E-state index contributed by atoms with van der Waals surface area (Å²) in [5.41, 5.74) is 7.94. The molecule has 0 unspecified atom stereocenters. The van der Waals surface area contributed by atoms with E-state index >= 15 is 0 Å². The van der Waals surface area contributed by atoms with Gasteiger partial charge in [-0.05, 0) is 53.9 Å². The van der Waals surface area contributed by atoms with E-state index in [1.807, 2.05) is 12.4 Å². The highest BCUT2D eigenvalue weighted by molar-refractivity contribution is 5.93. The number of para-hydroxylation sites is 1. The number of nitrogens with one attached hydrogen (secondary N) is 2. The van der Waals surface area contributed by atoms with Gasteiger partial charge in [-0.3, -0.25) is 0 Å². The first-order chi connectivity index (χ1) is 13.7. The van der Waals surface area contributed by atoms with Gasteiger partial charge in [0.1, 0.15) is 11.6 Å². The Morgan fingerprint density at radius 2 is 2.07 bits per heavy atom. The van der Waals surface area contributed by atoms with Crippen molar-refractivity contribution in [3.05, 3.63) is 71.5 Å². The fraction of sp³-hybridized carbons (Fsp3) is 0.125. The summed E-state index contributed by atoms with van der Waals surface area (Å²) >= 11 is 0. The largest absolute Gasteiger partial charge is 0.492 e. The number of nitrogens with zero attached hydrogens (tertiary/aromatic N) is 1. The second kappa shape index (κ2) is 6.57. The van der Waals surface area contributed by atoms with Gasteiger partial charge in [-0.15, -0.1) is 0 Å². The third-order valence-corrected chi connectivity index (χ3v) is 5.43. The number of fused-ring (bicyclic) bond motifs is 2. The number of allylic oxidation sites excluding steroid dienone is 1. The number of benzene rings is 2. The molecule has 2 aromatic carbocycles. The van der Waals surface area contributed by atoms with Gasteiger partial charge in [0.15, 0.2) is 0 Å². The lowest BCUT2D eigenvalue weighted by atomic mass is 9.97. The topological polar surface area (TPSA) is 53.2 Å². The highest BCUT2D eigenvalue weighted by Crippen LogP contribution is 2.41. The molecule has 5 rings (SSSR count). The molecule has 0 spiro atoms. The molecule has 0 saturated carbocycles. The van der Waals surface area contributed by atoms with Crippen LogP contribution in [0.2, 0.25) is 0 Å². The van der Waals surface area contributed by atoms with E-state index in [1.165, 1.54) is 16.5 Å². The predicted octanol–water partition coefficient (Wildman–Crippen LogP) is 5.99. The first kappa shape index (κ1) is 16.6. The molecule has 0 amide bonds. The molecular weight excluding hydrogens is 346 g/mol. The Morgan fingerprint density at radius 3 is 2.96 bits per heavy atom. The lowest BCUT2D eigenvalue weighted by Gasteiger charge is -2.09. The van der Waals surface area contributed by atoms with Crippen LogP contribution < -0.4 is 4.74 Å². The van der Waals surface area contributed by atoms with Crippen molar-refractivity contribution < 1.29 is 4.74 Å². The number of hydrogen-bond acceptors (Lipinski definition) is 2. The minimum atomic E-state index is 0.740. The zero-order valence-corrected chi connectivity index (χ0v) is 15.8. The molecule has 138 valence electrons. The molecule has 4 aromatic rings. The zero-order chi connectivity index (χ0) is 19.1. The van der Waals surface area contributed by atoms with E-state index in [0.29, 0.717) is 0 Å². The third kappa shape index (κ3) is 2.65. The molecule has 3 heterocycles. The van der Waals surface area contributed by atoms with Crippen molar-refractivity contribution >= 4 is 35.1 Å². The van der Waals surface area contributed by atoms with Gasteiger partial charge in [-0.25, -0.2) is 4.99 Å².